The second-order valence-corrected chi connectivity index (χ2v) is 8.35. The molecule has 0 unspecified atom stereocenters. The van der Waals surface area contributed by atoms with Crippen LogP contribution in [-0.2, 0) is 10.0 Å². The van der Waals surface area contributed by atoms with Gasteiger partial charge in [-0.2, -0.15) is 4.31 Å². The third kappa shape index (κ3) is 3.65. The normalized spacial score (nSPS) is 23.9. The van der Waals surface area contributed by atoms with Gasteiger partial charge in [-0.15, -0.1) is 0 Å². The standard InChI is InChI=1S/C16H25NO3S/c1-12(2)8-15-9-14(11-18)10-17(15)21(19,20)16-6-4-13(3)5-7-16/h4-7,12,14-15,18H,8-11H2,1-3H3/t14-,15-/m0/s1. The lowest BCUT2D eigenvalue weighted by Crippen LogP contribution is -2.36. The Morgan fingerprint density at radius 2 is 1.90 bits per heavy atom. The Balaban J connectivity index is 2.29. The van der Waals surface area contributed by atoms with Crippen molar-refractivity contribution in [2.24, 2.45) is 11.8 Å². The van der Waals surface area contributed by atoms with Crippen LogP contribution in [0.1, 0.15) is 32.3 Å². The maximum absolute atomic E-state index is 12.8. The van der Waals surface area contributed by atoms with Crippen LogP contribution in [0.25, 0.3) is 0 Å². The molecule has 1 aliphatic heterocycles. The first kappa shape index (κ1) is 16.5. The molecule has 0 radical (unpaired) electrons. The van der Waals surface area contributed by atoms with Gasteiger partial charge in [-0.3, -0.25) is 0 Å². The number of hydrogen-bond donors (Lipinski definition) is 1. The number of aryl methyl sites for hydroxylation is 1. The molecule has 4 nitrogen and oxygen atoms in total. The lowest BCUT2D eigenvalue weighted by molar-refractivity contribution is 0.232. The Kier molecular flexibility index (Phi) is 5.07. The molecule has 1 heterocycles. The molecule has 0 bridgehead atoms. The van der Waals surface area contributed by atoms with Gasteiger partial charge in [0.25, 0.3) is 0 Å². The molecule has 2 atom stereocenters. The molecule has 2 rings (SSSR count). The van der Waals surface area contributed by atoms with Crippen LogP contribution in [0.3, 0.4) is 0 Å². The van der Waals surface area contributed by atoms with Gasteiger partial charge in [-0.25, -0.2) is 8.42 Å². The fourth-order valence-corrected chi connectivity index (χ4v) is 4.73. The Morgan fingerprint density at radius 3 is 2.43 bits per heavy atom. The van der Waals surface area contributed by atoms with E-state index in [1.807, 2.05) is 19.1 Å². The van der Waals surface area contributed by atoms with Crippen molar-refractivity contribution in [2.75, 3.05) is 13.2 Å². The fraction of sp³-hybridized carbons (Fsp3) is 0.625. The lowest BCUT2D eigenvalue weighted by Gasteiger charge is -2.25. The second kappa shape index (κ2) is 6.46. The Labute approximate surface area is 127 Å². The minimum Gasteiger partial charge on any atom is -0.396 e. The number of nitrogens with zero attached hydrogens (tertiary/aromatic N) is 1. The summed E-state index contributed by atoms with van der Waals surface area (Å²) in [7, 11) is -3.47. The first-order valence-electron chi connectivity index (χ1n) is 7.54. The summed E-state index contributed by atoms with van der Waals surface area (Å²) in [6.45, 7) is 6.61. The molecule has 0 amide bonds. The monoisotopic (exact) mass is 311 g/mol. The van der Waals surface area contributed by atoms with Gasteiger partial charge in [0, 0.05) is 19.2 Å². The minimum absolute atomic E-state index is 0.00606. The topological polar surface area (TPSA) is 57.6 Å². The number of aliphatic hydroxyl groups is 1. The minimum atomic E-state index is -3.47. The zero-order valence-electron chi connectivity index (χ0n) is 13.0. The molecule has 1 saturated heterocycles. The maximum Gasteiger partial charge on any atom is 0.243 e. The average molecular weight is 311 g/mol. The molecule has 1 aliphatic rings. The van der Waals surface area contributed by atoms with Crippen molar-refractivity contribution in [1.29, 1.82) is 0 Å². The third-order valence-electron chi connectivity index (χ3n) is 4.08. The van der Waals surface area contributed by atoms with Crippen LogP contribution >= 0.6 is 0 Å². The van der Waals surface area contributed by atoms with Crippen LogP contribution in [0, 0.1) is 18.8 Å². The average Bonchev–Trinajstić information content (AvgIpc) is 2.82. The number of aliphatic hydroxyl groups excluding tert-OH is 1. The number of benzene rings is 1. The van der Waals surface area contributed by atoms with Crippen molar-refractivity contribution in [2.45, 2.75) is 44.6 Å². The maximum atomic E-state index is 12.8. The van der Waals surface area contributed by atoms with Crippen LogP contribution in [-0.4, -0.2) is 37.0 Å². The predicted octanol–water partition coefficient (Wildman–Crippen LogP) is 2.41. The zero-order valence-corrected chi connectivity index (χ0v) is 13.8. The van der Waals surface area contributed by atoms with Gasteiger partial charge < -0.3 is 5.11 Å². The zero-order chi connectivity index (χ0) is 15.6. The number of hydrogen-bond acceptors (Lipinski definition) is 3. The summed E-state index contributed by atoms with van der Waals surface area (Å²) in [5.41, 5.74) is 1.04. The van der Waals surface area contributed by atoms with Gasteiger partial charge in [0.05, 0.1) is 4.90 Å². The van der Waals surface area contributed by atoms with Crippen molar-refractivity contribution >= 4 is 10.0 Å². The van der Waals surface area contributed by atoms with Crippen LogP contribution in [0.15, 0.2) is 29.2 Å². The van der Waals surface area contributed by atoms with E-state index in [2.05, 4.69) is 13.8 Å². The Hall–Kier alpha value is -0.910. The molecule has 0 spiro atoms. The van der Waals surface area contributed by atoms with E-state index in [1.54, 1.807) is 16.4 Å². The summed E-state index contributed by atoms with van der Waals surface area (Å²) in [5, 5.41) is 9.39. The molecule has 0 aliphatic carbocycles. The molecule has 1 N–H and O–H groups in total. The summed E-state index contributed by atoms with van der Waals surface area (Å²) in [6.07, 6.45) is 1.58. The van der Waals surface area contributed by atoms with Gasteiger partial charge in [-0.1, -0.05) is 31.5 Å². The van der Waals surface area contributed by atoms with Gasteiger partial charge in [0.15, 0.2) is 0 Å². The van der Waals surface area contributed by atoms with E-state index in [9.17, 15) is 13.5 Å². The highest BCUT2D eigenvalue weighted by atomic mass is 32.2. The highest BCUT2D eigenvalue weighted by Gasteiger charge is 2.39. The number of sulfonamides is 1. The highest BCUT2D eigenvalue weighted by molar-refractivity contribution is 7.89. The molecular formula is C16H25NO3S. The van der Waals surface area contributed by atoms with Crippen LogP contribution in [0.4, 0.5) is 0 Å². The second-order valence-electron chi connectivity index (χ2n) is 6.46. The van der Waals surface area contributed by atoms with Crippen molar-refractivity contribution in [3.05, 3.63) is 29.8 Å². The molecule has 1 aromatic carbocycles. The summed E-state index contributed by atoms with van der Waals surface area (Å²) >= 11 is 0. The summed E-state index contributed by atoms with van der Waals surface area (Å²) in [5.74, 6) is 0.483. The highest BCUT2D eigenvalue weighted by Crippen LogP contribution is 2.32. The summed E-state index contributed by atoms with van der Waals surface area (Å²) < 4.78 is 27.3. The van der Waals surface area contributed by atoms with E-state index < -0.39 is 10.0 Å². The third-order valence-corrected chi connectivity index (χ3v) is 6.01. The molecular weight excluding hydrogens is 286 g/mol. The molecule has 21 heavy (non-hydrogen) atoms. The van der Waals surface area contributed by atoms with Gasteiger partial charge in [0.1, 0.15) is 0 Å². The first-order chi connectivity index (χ1) is 9.84. The SMILES string of the molecule is Cc1ccc(S(=O)(=O)N2C[C@@H](CO)C[C@@H]2CC(C)C)cc1. The van der Waals surface area contributed by atoms with Crippen LogP contribution in [0.5, 0.6) is 0 Å². The van der Waals surface area contributed by atoms with E-state index >= 15 is 0 Å². The van der Waals surface area contributed by atoms with E-state index in [0.717, 1.165) is 18.4 Å². The summed E-state index contributed by atoms with van der Waals surface area (Å²) in [4.78, 5) is 0.348. The van der Waals surface area contributed by atoms with E-state index in [0.29, 0.717) is 17.4 Å². The molecule has 1 aromatic rings. The van der Waals surface area contributed by atoms with Crippen LogP contribution < -0.4 is 0 Å². The Bertz CT molecular complexity index is 566. The van der Waals surface area contributed by atoms with E-state index in [1.165, 1.54) is 0 Å². The van der Waals surface area contributed by atoms with E-state index in [-0.39, 0.29) is 18.6 Å². The van der Waals surface area contributed by atoms with E-state index in [4.69, 9.17) is 0 Å². The molecule has 1 fully saturated rings. The van der Waals surface area contributed by atoms with Crippen molar-refractivity contribution < 1.29 is 13.5 Å². The fourth-order valence-electron chi connectivity index (χ4n) is 3.01. The largest absolute Gasteiger partial charge is 0.396 e. The van der Waals surface area contributed by atoms with Gasteiger partial charge in [0.2, 0.25) is 10.0 Å². The lowest BCUT2D eigenvalue weighted by atomic mass is 9.99. The van der Waals surface area contributed by atoms with Crippen molar-refractivity contribution in [1.82, 2.24) is 4.31 Å². The first-order valence-corrected chi connectivity index (χ1v) is 8.98. The quantitative estimate of drug-likeness (QED) is 0.908. The van der Waals surface area contributed by atoms with Crippen molar-refractivity contribution in [3.8, 4) is 0 Å². The van der Waals surface area contributed by atoms with Gasteiger partial charge >= 0.3 is 0 Å². The molecule has 118 valence electrons. The Morgan fingerprint density at radius 1 is 1.29 bits per heavy atom. The molecule has 5 heteroatoms. The molecule has 0 aromatic heterocycles. The van der Waals surface area contributed by atoms with Crippen molar-refractivity contribution in [3.63, 3.8) is 0 Å². The summed E-state index contributed by atoms with van der Waals surface area (Å²) in [6, 6.07) is 6.98. The van der Waals surface area contributed by atoms with Gasteiger partial charge in [-0.05, 0) is 43.7 Å². The smallest absolute Gasteiger partial charge is 0.243 e. The number of rotatable bonds is 5. The predicted molar refractivity (Wildman–Crippen MR) is 83.5 cm³/mol. The molecule has 0 saturated carbocycles. The van der Waals surface area contributed by atoms with Crippen LogP contribution in [0.2, 0.25) is 0 Å².